The van der Waals surface area contributed by atoms with Crippen molar-refractivity contribution in [3.63, 3.8) is 0 Å². The molecule has 0 aromatic carbocycles. The highest BCUT2D eigenvalue weighted by atomic mass is 15.3. The van der Waals surface area contributed by atoms with Gasteiger partial charge in [-0.2, -0.15) is 5.10 Å². The van der Waals surface area contributed by atoms with Crippen LogP contribution in [0.3, 0.4) is 0 Å². The van der Waals surface area contributed by atoms with E-state index in [4.69, 9.17) is 5.73 Å². The molecule has 1 atom stereocenters. The van der Waals surface area contributed by atoms with E-state index in [2.05, 4.69) is 17.0 Å². The maximum absolute atomic E-state index is 5.59. The molecule has 0 bridgehead atoms. The predicted molar refractivity (Wildman–Crippen MR) is 50.4 cm³/mol. The van der Waals surface area contributed by atoms with Crippen molar-refractivity contribution in [3.05, 3.63) is 11.6 Å². The number of aryl methyl sites for hydroxylation is 1. The Labute approximate surface area is 78.1 Å². The van der Waals surface area contributed by atoms with Gasteiger partial charge in [0.2, 0.25) is 0 Å². The molecule has 0 amide bonds. The highest BCUT2D eigenvalue weighted by Gasteiger charge is 2.29. The molecule has 1 unspecified atom stereocenters. The summed E-state index contributed by atoms with van der Waals surface area (Å²) in [6.45, 7) is 2.72. The lowest BCUT2D eigenvalue weighted by molar-refractivity contribution is 0.627. The van der Waals surface area contributed by atoms with E-state index in [1.54, 1.807) is 0 Å². The number of rotatable bonds is 3. The fourth-order valence-electron chi connectivity index (χ4n) is 1.47. The molecule has 1 fully saturated rings. The van der Waals surface area contributed by atoms with E-state index >= 15 is 0 Å². The summed E-state index contributed by atoms with van der Waals surface area (Å²) < 4.78 is 1.87. The molecule has 1 aliphatic rings. The van der Waals surface area contributed by atoms with Crippen LogP contribution >= 0.6 is 0 Å². The van der Waals surface area contributed by atoms with E-state index in [-0.39, 0.29) is 0 Å². The first kappa shape index (κ1) is 8.69. The van der Waals surface area contributed by atoms with Crippen LogP contribution in [0.1, 0.15) is 43.3 Å². The van der Waals surface area contributed by atoms with Crippen LogP contribution in [-0.4, -0.2) is 21.3 Å². The average molecular weight is 180 g/mol. The molecule has 0 aliphatic heterocycles. The molecule has 13 heavy (non-hydrogen) atoms. The largest absolute Gasteiger partial charge is 0.330 e. The van der Waals surface area contributed by atoms with E-state index in [0.717, 1.165) is 11.6 Å². The van der Waals surface area contributed by atoms with Crippen LogP contribution < -0.4 is 5.73 Å². The lowest BCUT2D eigenvalue weighted by atomic mass is 10.2. The highest BCUT2D eigenvalue weighted by Crippen LogP contribution is 2.38. The van der Waals surface area contributed by atoms with Gasteiger partial charge in [-0.1, -0.05) is 6.92 Å². The van der Waals surface area contributed by atoms with Gasteiger partial charge in [-0.05, 0) is 12.8 Å². The van der Waals surface area contributed by atoms with Gasteiger partial charge in [0.05, 0.1) is 0 Å². The minimum atomic E-state index is 0.310. The van der Waals surface area contributed by atoms with Crippen LogP contribution in [0.5, 0.6) is 0 Å². The Kier molecular flexibility index (Phi) is 2.07. The van der Waals surface area contributed by atoms with Gasteiger partial charge < -0.3 is 5.73 Å². The number of nitrogens with two attached hydrogens (primary N) is 1. The highest BCUT2D eigenvalue weighted by molar-refractivity contribution is 5.08. The van der Waals surface area contributed by atoms with Gasteiger partial charge in [-0.15, -0.1) is 0 Å². The summed E-state index contributed by atoms with van der Waals surface area (Å²) >= 11 is 0. The molecule has 0 spiro atoms. The summed E-state index contributed by atoms with van der Waals surface area (Å²) in [5.41, 5.74) is 5.59. The Bertz CT molecular complexity index is 301. The Hall–Kier alpha value is -0.900. The number of hydrogen-bond donors (Lipinski definition) is 1. The van der Waals surface area contributed by atoms with Crippen LogP contribution in [0.2, 0.25) is 0 Å². The minimum absolute atomic E-state index is 0.310. The normalized spacial score (nSPS) is 19.0. The molecular weight excluding hydrogens is 164 g/mol. The Balaban J connectivity index is 2.24. The topological polar surface area (TPSA) is 56.7 Å². The van der Waals surface area contributed by atoms with Crippen LogP contribution in [0.4, 0.5) is 0 Å². The van der Waals surface area contributed by atoms with Crippen molar-refractivity contribution in [1.82, 2.24) is 14.8 Å². The van der Waals surface area contributed by atoms with E-state index in [0.29, 0.717) is 18.4 Å². The number of aromatic nitrogens is 3. The smallest absolute Gasteiger partial charge is 0.154 e. The monoisotopic (exact) mass is 180 g/mol. The molecule has 72 valence electrons. The van der Waals surface area contributed by atoms with Gasteiger partial charge in [-0.25, -0.2) is 4.98 Å². The molecule has 1 aromatic rings. The summed E-state index contributed by atoms with van der Waals surface area (Å²) in [7, 11) is 1.94. The first-order valence-corrected chi connectivity index (χ1v) is 4.83. The summed E-state index contributed by atoms with van der Waals surface area (Å²) in [5, 5.41) is 4.39. The maximum Gasteiger partial charge on any atom is 0.154 e. The molecule has 2 N–H and O–H groups in total. The third kappa shape index (κ3) is 1.58. The number of nitrogens with zero attached hydrogens (tertiary/aromatic N) is 3. The molecule has 0 saturated heterocycles. The summed E-state index contributed by atoms with van der Waals surface area (Å²) in [5.74, 6) is 2.97. The molecule has 0 radical (unpaired) electrons. The van der Waals surface area contributed by atoms with Crippen molar-refractivity contribution in [2.75, 3.05) is 6.54 Å². The summed E-state index contributed by atoms with van der Waals surface area (Å²) in [6.07, 6.45) is 2.50. The van der Waals surface area contributed by atoms with Crippen molar-refractivity contribution in [3.8, 4) is 0 Å². The van der Waals surface area contributed by atoms with Gasteiger partial charge in [0.1, 0.15) is 5.82 Å². The summed E-state index contributed by atoms with van der Waals surface area (Å²) in [4.78, 5) is 4.51. The van der Waals surface area contributed by atoms with Gasteiger partial charge in [0.25, 0.3) is 0 Å². The molecule has 1 saturated carbocycles. The Morgan fingerprint density at radius 2 is 2.31 bits per heavy atom. The zero-order valence-electron chi connectivity index (χ0n) is 8.20. The lowest BCUT2D eigenvalue weighted by Crippen LogP contribution is -2.13. The molecular formula is C9H16N4. The second-order valence-electron chi connectivity index (χ2n) is 3.86. The molecule has 1 aromatic heterocycles. The molecule has 1 aliphatic carbocycles. The zero-order chi connectivity index (χ0) is 9.42. The van der Waals surface area contributed by atoms with Crippen LogP contribution in [0.25, 0.3) is 0 Å². The molecule has 4 heteroatoms. The fourth-order valence-corrected chi connectivity index (χ4v) is 1.47. The van der Waals surface area contributed by atoms with Crippen molar-refractivity contribution >= 4 is 0 Å². The zero-order valence-corrected chi connectivity index (χ0v) is 8.20. The molecule has 1 heterocycles. The summed E-state index contributed by atoms with van der Waals surface area (Å²) in [6, 6.07) is 0. The van der Waals surface area contributed by atoms with E-state index in [1.807, 2.05) is 11.7 Å². The first-order chi connectivity index (χ1) is 6.22. The van der Waals surface area contributed by atoms with Gasteiger partial charge in [0, 0.05) is 25.4 Å². The van der Waals surface area contributed by atoms with Gasteiger partial charge >= 0.3 is 0 Å². The van der Waals surface area contributed by atoms with E-state index < -0.39 is 0 Å². The van der Waals surface area contributed by atoms with Crippen molar-refractivity contribution in [2.45, 2.75) is 31.6 Å². The van der Waals surface area contributed by atoms with Crippen LogP contribution in [0, 0.1) is 0 Å². The quantitative estimate of drug-likeness (QED) is 0.747. The Morgan fingerprint density at radius 1 is 1.62 bits per heavy atom. The Morgan fingerprint density at radius 3 is 2.85 bits per heavy atom. The molecule has 2 rings (SSSR count). The number of hydrogen-bond acceptors (Lipinski definition) is 3. The predicted octanol–water partition coefficient (Wildman–Crippen LogP) is 0.755. The third-order valence-corrected chi connectivity index (χ3v) is 2.55. The maximum atomic E-state index is 5.59. The van der Waals surface area contributed by atoms with E-state index in [1.165, 1.54) is 12.8 Å². The average Bonchev–Trinajstić information content (AvgIpc) is 2.89. The van der Waals surface area contributed by atoms with Crippen molar-refractivity contribution < 1.29 is 0 Å². The van der Waals surface area contributed by atoms with Gasteiger partial charge in [0.15, 0.2) is 5.82 Å². The first-order valence-electron chi connectivity index (χ1n) is 4.83. The van der Waals surface area contributed by atoms with Crippen LogP contribution in [-0.2, 0) is 7.05 Å². The second kappa shape index (κ2) is 3.10. The van der Waals surface area contributed by atoms with Crippen LogP contribution in [0.15, 0.2) is 0 Å². The SMILES string of the molecule is CC(CN)c1nc(C2CC2)nn1C. The second-order valence-corrected chi connectivity index (χ2v) is 3.86. The standard InChI is InChI=1S/C9H16N4/c1-6(5-10)9-11-8(7-3-4-7)12-13(9)2/h6-7H,3-5,10H2,1-2H3. The minimum Gasteiger partial charge on any atom is -0.330 e. The third-order valence-electron chi connectivity index (χ3n) is 2.55. The van der Waals surface area contributed by atoms with Gasteiger partial charge in [-0.3, -0.25) is 4.68 Å². The van der Waals surface area contributed by atoms with Crippen molar-refractivity contribution in [2.24, 2.45) is 12.8 Å². The van der Waals surface area contributed by atoms with Crippen molar-refractivity contribution in [1.29, 1.82) is 0 Å². The van der Waals surface area contributed by atoms with E-state index in [9.17, 15) is 0 Å². The lowest BCUT2D eigenvalue weighted by Gasteiger charge is -2.05. The fraction of sp³-hybridized carbons (Fsp3) is 0.778. The molecule has 4 nitrogen and oxygen atoms in total.